The Kier molecular flexibility index (Phi) is 27.0. The van der Waals surface area contributed by atoms with Gasteiger partial charge >= 0.3 is 54.8 Å². The van der Waals surface area contributed by atoms with Gasteiger partial charge in [-0.15, -0.1) is 0 Å². The maximum atomic E-state index is 13.9. The fraction of sp³-hybridized carbons (Fsp3) is 0.780. The van der Waals surface area contributed by atoms with Crippen molar-refractivity contribution in [3.05, 3.63) is 24.7 Å². The Morgan fingerprint density at radius 3 is 1.27 bits per heavy atom. The number of hydrogen-bond acceptors (Lipinski definition) is 34. The number of nitrogens with one attached hydrogen (secondary N) is 1. The monoisotopic (exact) mass is 1600 g/mol. The lowest BCUT2D eigenvalue weighted by atomic mass is 10.1. The van der Waals surface area contributed by atoms with Gasteiger partial charge in [-0.25, -0.2) is 56.9 Å². The molecule has 24 unspecified atom stereocenters. The van der Waals surface area contributed by atoms with Crippen molar-refractivity contribution in [2.24, 2.45) is 4.99 Å². The Morgan fingerprint density at radius 2 is 0.873 bits per heavy atom. The molecule has 11 N–H and O–H groups in total. The van der Waals surface area contributed by atoms with Crippen LogP contribution in [0.4, 0.5) is 11.6 Å². The number of rotatable bonds is 37. The number of ketones is 1. The van der Waals surface area contributed by atoms with Gasteiger partial charge in [0, 0.05) is 64.6 Å². The minimum absolute atomic E-state index is 0.0110. The number of imidazole rings is 2. The number of aliphatic imine (C=N–C) groups is 1. The number of hydrogen-bond donors (Lipinski definition) is 10. The van der Waals surface area contributed by atoms with Crippen LogP contribution in [-0.4, -0.2) is 237 Å². The Morgan fingerprint density at radius 1 is 0.510 bits per heavy atom. The normalized spacial score (nSPS) is 34.1. The average molecular weight is 1600 g/mol. The van der Waals surface area contributed by atoms with Crippen LogP contribution >= 0.6 is 54.8 Å². The molecule has 0 bridgehead atoms. The fourth-order valence-corrected chi connectivity index (χ4v) is 18.1. The molecular formula is C50H80N9O36P7. The summed E-state index contributed by atoms with van der Waals surface area (Å²) >= 11 is 0. The van der Waals surface area contributed by atoms with Crippen molar-refractivity contribution in [2.45, 2.75) is 196 Å². The number of phosphoric ester groups is 7. The van der Waals surface area contributed by atoms with E-state index in [1.165, 1.54) is 34.9 Å². The third-order valence-corrected chi connectivity index (χ3v) is 23.0. The van der Waals surface area contributed by atoms with E-state index in [4.69, 9.17) is 88.4 Å². The third-order valence-electron chi connectivity index (χ3n) is 16.4. The molecule has 52 heteroatoms. The van der Waals surface area contributed by atoms with Gasteiger partial charge in [-0.3, -0.25) is 77.5 Å². The molecule has 6 saturated heterocycles. The van der Waals surface area contributed by atoms with Crippen LogP contribution in [0.5, 0.6) is 0 Å². The first-order valence-corrected chi connectivity index (χ1v) is 42.1. The molecule has 10 rings (SSSR count). The molecule has 102 heavy (non-hydrogen) atoms. The molecule has 0 aromatic carbocycles. The van der Waals surface area contributed by atoms with Crippen molar-refractivity contribution >= 4 is 95.5 Å². The van der Waals surface area contributed by atoms with Crippen LogP contribution in [0.15, 0.2) is 24.0 Å². The molecule has 24 atom stereocenters. The van der Waals surface area contributed by atoms with Crippen LogP contribution in [0.1, 0.15) is 109 Å². The van der Waals surface area contributed by atoms with Crippen molar-refractivity contribution in [3.63, 3.8) is 0 Å². The van der Waals surface area contributed by atoms with E-state index in [-0.39, 0.29) is 105 Å². The quantitative estimate of drug-likeness (QED) is 0.0291. The summed E-state index contributed by atoms with van der Waals surface area (Å²) in [6, 6.07) is 0. The molecular weight excluding hydrogens is 1520 g/mol. The van der Waals surface area contributed by atoms with Gasteiger partial charge in [0.25, 0.3) is 0 Å². The third kappa shape index (κ3) is 22.8. The van der Waals surface area contributed by atoms with E-state index < -0.39 is 205 Å². The van der Waals surface area contributed by atoms with Crippen molar-refractivity contribution < 1.29 is 168 Å². The number of fused-ring (bicyclic) bond motifs is 2. The summed E-state index contributed by atoms with van der Waals surface area (Å²) in [4.78, 5) is 129. The van der Waals surface area contributed by atoms with Gasteiger partial charge in [-0.1, -0.05) is 0 Å². The Balaban J connectivity index is 0.708. The van der Waals surface area contributed by atoms with E-state index in [2.05, 4.69) is 34.8 Å². The molecule has 3 aromatic heterocycles. The summed E-state index contributed by atoms with van der Waals surface area (Å²) in [6.45, 7) is 2.73. The number of aromatic nitrogens is 6. The van der Waals surface area contributed by atoms with Crippen molar-refractivity contribution in [1.82, 2.24) is 34.4 Å². The van der Waals surface area contributed by atoms with Gasteiger partial charge in [0.1, 0.15) is 97.5 Å². The van der Waals surface area contributed by atoms with Crippen LogP contribution < -0.4 is 11.1 Å². The molecule has 0 radical (unpaired) electrons. The predicted octanol–water partition coefficient (Wildman–Crippen LogP) is 3.53. The van der Waals surface area contributed by atoms with Gasteiger partial charge in [0.15, 0.2) is 28.8 Å². The number of amides is 1. The molecule has 7 aliphatic heterocycles. The highest BCUT2D eigenvalue weighted by Crippen LogP contribution is 2.56. The largest absolute Gasteiger partial charge is 0.472 e. The summed E-state index contributed by atoms with van der Waals surface area (Å²) < 4.78 is 199. The Bertz CT molecular complexity index is 3820. The summed E-state index contributed by atoms with van der Waals surface area (Å²) in [5.41, 5.74) is 6.24. The molecule has 3 aromatic rings. The number of nitrogens with two attached hydrogens (primary N) is 1. The number of carbonyl (C=O) groups excluding carboxylic acids is 2. The summed E-state index contributed by atoms with van der Waals surface area (Å²) in [5.74, 6) is -0.631. The number of ether oxygens (including phenoxy) is 6. The molecule has 1 amide bonds. The fourth-order valence-electron chi connectivity index (χ4n) is 12.0. The zero-order chi connectivity index (χ0) is 73.9. The molecule has 576 valence electrons. The highest BCUT2D eigenvalue weighted by molar-refractivity contribution is 7.49. The smallest absolute Gasteiger partial charge is 0.382 e. The van der Waals surface area contributed by atoms with Crippen molar-refractivity contribution in [3.8, 4) is 0 Å². The van der Waals surface area contributed by atoms with Gasteiger partial charge in [0.05, 0.1) is 83.3 Å². The average Bonchev–Trinajstić information content (AvgIpc) is 1.63. The maximum Gasteiger partial charge on any atom is 0.472 e. The summed E-state index contributed by atoms with van der Waals surface area (Å²) in [7, 11) is -35.7. The van der Waals surface area contributed by atoms with E-state index in [1.54, 1.807) is 27.7 Å². The highest BCUT2D eigenvalue weighted by atomic mass is 31.2. The van der Waals surface area contributed by atoms with E-state index in [1.807, 2.05) is 0 Å². The first kappa shape index (κ1) is 81.4. The Labute approximate surface area is 580 Å². The topological polar surface area (TPSA) is 603 Å². The number of phosphoric acid groups is 7. The number of nitrogens with zero attached hydrogens (tertiary/aromatic N) is 7. The van der Waals surface area contributed by atoms with E-state index in [0.29, 0.717) is 0 Å². The second-order valence-electron chi connectivity index (χ2n) is 24.6. The summed E-state index contributed by atoms with van der Waals surface area (Å²) in [5, 5.41) is 2.51. The number of nitrogen functional groups attached to an aromatic ring is 1. The van der Waals surface area contributed by atoms with Crippen LogP contribution in [0.2, 0.25) is 0 Å². The molecule has 6 fully saturated rings. The second kappa shape index (κ2) is 33.8. The lowest BCUT2D eigenvalue weighted by Gasteiger charge is -2.26. The van der Waals surface area contributed by atoms with E-state index >= 15 is 0 Å². The summed E-state index contributed by atoms with van der Waals surface area (Å²) in [6.07, 6.45) is -16.8. The molecule has 45 nitrogen and oxygen atoms in total. The zero-order valence-corrected chi connectivity index (χ0v) is 61.1. The van der Waals surface area contributed by atoms with E-state index in [9.17, 15) is 80.7 Å². The second-order valence-corrected chi connectivity index (χ2v) is 34.2. The number of carbonyl (C=O) groups is 2. The van der Waals surface area contributed by atoms with E-state index in [0.717, 1.165) is 6.33 Å². The highest BCUT2D eigenvalue weighted by Gasteiger charge is 2.51. The molecule has 0 aliphatic carbocycles. The molecule has 0 saturated carbocycles. The van der Waals surface area contributed by atoms with Gasteiger partial charge in [-0.2, -0.15) is 0 Å². The zero-order valence-electron chi connectivity index (χ0n) is 54.9. The van der Waals surface area contributed by atoms with Crippen LogP contribution in [0.25, 0.3) is 11.2 Å². The molecule has 0 spiro atoms. The predicted molar refractivity (Wildman–Crippen MR) is 337 cm³/mol. The number of Topliss-reactive ketones (excluding diaryl/α,β-unsaturated/α-hetero) is 1. The first-order valence-electron chi connectivity index (χ1n) is 31.6. The first-order chi connectivity index (χ1) is 47.8. The minimum Gasteiger partial charge on any atom is -0.382 e. The maximum absolute atomic E-state index is 13.9. The lowest BCUT2D eigenvalue weighted by molar-refractivity contribution is -0.119. The standard InChI is InChI=1S/C50H80N9O36P7/c1-26-11-32(90-97(65,66)77-10-6-8-52-30(5)60)38(84-26)18-79-98(67,68)91-33-12-27(2)85-39(33)19-80-99(69,70)92-34-13-28(3)86-40(34)20-81-100(71,72)93-35-14-29(4)87-41(35)21-82-101(73,74)95-37-16-44(58-24-56-46-31(61)7-9-53-49(46)58)89-43(37)22-83-102(75,76)94-36-15-45(88-42(36)17-78-96(62,63)64)59-25-57-47-48(51)54-23-55-50(47)59/h9,23-29,32-45H,6-8,10-22H2,1-5H3,(H,52,60)(H,65,66)(H,67,68)(H,69,70)(H,71,72)(H,73,74)(H,75,76)(H2,51,54,55)(H2,62,63,64). The SMILES string of the molecule is CC(=O)NCCCOP(=O)(O)OC1CC(C)OC1COP(=O)(O)OC1CC(C)OC1COP(=O)(O)OC1CC(C)OC1COP(=O)(O)OC1CC(C)OC1COP(=O)(O)OC1CC(n2cnc3c2N=CCC3=O)OC1COP(=O)(O)OC1CC(n2cnc3c(N)ncnc32)OC1COP(=O)(O)O. The van der Waals surface area contributed by atoms with Crippen LogP contribution in [0, 0.1) is 0 Å². The van der Waals surface area contributed by atoms with Gasteiger partial charge < -0.3 is 78.6 Å². The molecule has 7 aliphatic rings. The van der Waals surface area contributed by atoms with Crippen molar-refractivity contribution in [2.75, 3.05) is 58.5 Å². The van der Waals surface area contributed by atoms with Crippen molar-refractivity contribution in [1.29, 1.82) is 0 Å². The Hall–Kier alpha value is -3.10. The van der Waals surface area contributed by atoms with Gasteiger partial charge in [-0.05, 0) is 34.1 Å². The molecule has 10 heterocycles. The van der Waals surface area contributed by atoms with Crippen LogP contribution in [0.3, 0.4) is 0 Å². The minimum atomic E-state index is -5.32. The lowest BCUT2D eigenvalue weighted by Crippen LogP contribution is -2.32. The van der Waals surface area contributed by atoms with Gasteiger partial charge in [0.2, 0.25) is 5.91 Å². The van der Waals surface area contributed by atoms with Crippen LogP contribution in [-0.2, 0) is 124 Å². The number of anilines is 1.